The molecule has 1 amide bonds. The van der Waals surface area contributed by atoms with Crippen molar-refractivity contribution in [2.45, 2.75) is 31.9 Å². The summed E-state index contributed by atoms with van der Waals surface area (Å²) in [5.41, 5.74) is 1.08. The molecular weight excluding hydrogens is 346 g/mol. The molecule has 2 N–H and O–H groups in total. The molecule has 1 saturated carbocycles. The second kappa shape index (κ2) is 9.07. The van der Waals surface area contributed by atoms with Crippen LogP contribution in [0.2, 0.25) is 0 Å². The van der Waals surface area contributed by atoms with E-state index in [0.29, 0.717) is 30.9 Å². The standard InChI is InChI=1S/C21H23NO5/c23-20(22-19-8-4-7-18(19)21(24)25)14-27-17-11-9-16(10-12-17)26-13-15-5-2-1-3-6-15/h1-3,5-6,9-12,18-19H,4,7-8,13-14H2,(H,22,23)(H,24,25)/t18-,19+/m1/s1. The molecule has 1 aliphatic rings. The number of hydrogen-bond donors (Lipinski definition) is 2. The van der Waals surface area contributed by atoms with Crippen molar-refractivity contribution in [3.8, 4) is 11.5 Å². The molecule has 2 aromatic carbocycles. The topological polar surface area (TPSA) is 84.9 Å². The SMILES string of the molecule is O=C(COc1ccc(OCc2ccccc2)cc1)N[C@H]1CCC[C@H]1C(=O)O. The quantitative estimate of drug-likeness (QED) is 0.747. The minimum atomic E-state index is -0.857. The molecule has 0 heterocycles. The highest BCUT2D eigenvalue weighted by atomic mass is 16.5. The van der Waals surface area contributed by atoms with E-state index in [4.69, 9.17) is 14.6 Å². The van der Waals surface area contributed by atoms with Crippen LogP contribution in [-0.2, 0) is 16.2 Å². The molecule has 2 atom stereocenters. The van der Waals surface area contributed by atoms with Gasteiger partial charge in [0.1, 0.15) is 18.1 Å². The van der Waals surface area contributed by atoms with Gasteiger partial charge in [-0.25, -0.2) is 0 Å². The van der Waals surface area contributed by atoms with Crippen LogP contribution in [0.4, 0.5) is 0 Å². The fourth-order valence-corrected chi connectivity index (χ4v) is 3.20. The van der Waals surface area contributed by atoms with Crippen LogP contribution in [0.25, 0.3) is 0 Å². The second-order valence-electron chi connectivity index (χ2n) is 6.58. The van der Waals surface area contributed by atoms with Crippen LogP contribution in [0.15, 0.2) is 54.6 Å². The molecule has 2 aromatic rings. The Morgan fingerprint density at radius 1 is 0.963 bits per heavy atom. The number of ether oxygens (including phenoxy) is 2. The minimum absolute atomic E-state index is 0.146. The summed E-state index contributed by atoms with van der Waals surface area (Å²) in [6, 6.07) is 16.6. The first-order valence-corrected chi connectivity index (χ1v) is 9.03. The van der Waals surface area contributed by atoms with E-state index in [1.54, 1.807) is 24.3 Å². The van der Waals surface area contributed by atoms with Crippen molar-refractivity contribution in [1.29, 1.82) is 0 Å². The summed E-state index contributed by atoms with van der Waals surface area (Å²) in [5.74, 6) is -0.401. The van der Waals surface area contributed by atoms with Crippen molar-refractivity contribution < 1.29 is 24.2 Å². The maximum Gasteiger partial charge on any atom is 0.308 e. The summed E-state index contributed by atoms with van der Waals surface area (Å²) in [5, 5.41) is 11.9. The van der Waals surface area contributed by atoms with E-state index in [2.05, 4.69) is 5.32 Å². The highest BCUT2D eigenvalue weighted by Gasteiger charge is 2.33. The molecular formula is C21H23NO5. The smallest absolute Gasteiger partial charge is 0.308 e. The summed E-state index contributed by atoms with van der Waals surface area (Å²) in [6.45, 7) is 0.336. The van der Waals surface area contributed by atoms with E-state index in [-0.39, 0.29) is 18.6 Å². The van der Waals surface area contributed by atoms with Crippen molar-refractivity contribution in [2.24, 2.45) is 5.92 Å². The molecule has 142 valence electrons. The van der Waals surface area contributed by atoms with E-state index in [1.165, 1.54) is 0 Å². The fourth-order valence-electron chi connectivity index (χ4n) is 3.20. The number of carboxylic acid groups (broad SMARTS) is 1. The largest absolute Gasteiger partial charge is 0.489 e. The van der Waals surface area contributed by atoms with Crippen molar-refractivity contribution in [3.63, 3.8) is 0 Å². The molecule has 6 heteroatoms. The summed E-state index contributed by atoms with van der Waals surface area (Å²) < 4.78 is 11.2. The normalized spacial score (nSPS) is 18.7. The number of hydrogen-bond acceptors (Lipinski definition) is 4. The third-order valence-corrected chi connectivity index (χ3v) is 4.62. The van der Waals surface area contributed by atoms with Gasteiger partial charge in [0.25, 0.3) is 5.91 Å². The number of aliphatic carboxylic acids is 1. The Kier molecular flexibility index (Phi) is 6.30. The minimum Gasteiger partial charge on any atom is -0.489 e. The van der Waals surface area contributed by atoms with E-state index in [1.807, 2.05) is 30.3 Å². The van der Waals surface area contributed by atoms with E-state index in [9.17, 15) is 9.59 Å². The molecule has 27 heavy (non-hydrogen) atoms. The lowest BCUT2D eigenvalue weighted by Gasteiger charge is -2.17. The average Bonchev–Trinajstić information content (AvgIpc) is 3.15. The van der Waals surface area contributed by atoms with Gasteiger partial charge < -0.3 is 19.9 Å². The number of nitrogens with one attached hydrogen (secondary N) is 1. The first-order chi connectivity index (χ1) is 13.1. The van der Waals surface area contributed by atoms with E-state index < -0.39 is 11.9 Å². The van der Waals surface area contributed by atoms with Crippen LogP contribution >= 0.6 is 0 Å². The predicted molar refractivity (Wildman–Crippen MR) is 99.6 cm³/mol. The number of amides is 1. The highest BCUT2D eigenvalue weighted by Crippen LogP contribution is 2.25. The maximum atomic E-state index is 12.0. The van der Waals surface area contributed by atoms with Gasteiger partial charge in [0.05, 0.1) is 5.92 Å². The lowest BCUT2D eigenvalue weighted by molar-refractivity contribution is -0.142. The lowest BCUT2D eigenvalue weighted by atomic mass is 10.0. The maximum absolute atomic E-state index is 12.0. The second-order valence-corrected chi connectivity index (χ2v) is 6.58. The molecule has 0 spiro atoms. The first-order valence-electron chi connectivity index (χ1n) is 9.03. The van der Waals surface area contributed by atoms with Crippen LogP contribution < -0.4 is 14.8 Å². The van der Waals surface area contributed by atoms with Crippen LogP contribution in [0, 0.1) is 5.92 Å². The third-order valence-electron chi connectivity index (χ3n) is 4.62. The van der Waals surface area contributed by atoms with Crippen LogP contribution in [0.1, 0.15) is 24.8 Å². The predicted octanol–water partition coefficient (Wildman–Crippen LogP) is 3.01. The Balaban J connectivity index is 1.43. The van der Waals surface area contributed by atoms with Gasteiger partial charge in [0.2, 0.25) is 0 Å². The monoisotopic (exact) mass is 369 g/mol. The Morgan fingerprint density at radius 2 is 1.63 bits per heavy atom. The van der Waals surface area contributed by atoms with Crippen LogP contribution in [0.3, 0.4) is 0 Å². The molecule has 0 saturated heterocycles. The molecule has 0 bridgehead atoms. The summed E-state index contributed by atoms with van der Waals surface area (Å²) in [4.78, 5) is 23.2. The number of carbonyl (C=O) groups excluding carboxylic acids is 1. The van der Waals surface area contributed by atoms with Gasteiger partial charge in [0, 0.05) is 6.04 Å². The molecule has 1 aliphatic carbocycles. The first kappa shape index (κ1) is 18.8. The molecule has 6 nitrogen and oxygen atoms in total. The number of carbonyl (C=O) groups is 2. The van der Waals surface area contributed by atoms with Gasteiger partial charge >= 0.3 is 5.97 Å². The number of benzene rings is 2. The highest BCUT2D eigenvalue weighted by molar-refractivity contribution is 5.79. The van der Waals surface area contributed by atoms with Gasteiger partial charge in [-0.3, -0.25) is 9.59 Å². The van der Waals surface area contributed by atoms with Crippen LogP contribution in [-0.4, -0.2) is 29.6 Å². The Labute approximate surface area is 158 Å². The summed E-state index contributed by atoms with van der Waals surface area (Å²) in [7, 11) is 0. The van der Waals surface area contributed by atoms with Gasteiger partial charge in [0.15, 0.2) is 6.61 Å². The van der Waals surface area contributed by atoms with Crippen molar-refractivity contribution >= 4 is 11.9 Å². The summed E-state index contributed by atoms with van der Waals surface area (Å²) >= 11 is 0. The molecule has 0 unspecified atom stereocenters. The summed E-state index contributed by atoms with van der Waals surface area (Å²) in [6.07, 6.45) is 2.11. The number of rotatable bonds is 8. The zero-order valence-electron chi connectivity index (χ0n) is 15.0. The Morgan fingerprint density at radius 3 is 2.30 bits per heavy atom. The molecule has 1 fully saturated rings. The van der Waals surface area contributed by atoms with Gasteiger partial charge in [-0.2, -0.15) is 0 Å². The van der Waals surface area contributed by atoms with E-state index >= 15 is 0 Å². The van der Waals surface area contributed by atoms with Crippen molar-refractivity contribution in [1.82, 2.24) is 5.32 Å². The molecule has 0 radical (unpaired) electrons. The Bertz CT molecular complexity index is 760. The third kappa shape index (κ3) is 5.48. The van der Waals surface area contributed by atoms with Gasteiger partial charge in [-0.1, -0.05) is 36.8 Å². The van der Waals surface area contributed by atoms with Gasteiger partial charge in [-0.15, -0.1) is 0 Å². The lowest BCUT2D eigenvalue weighted by Crippen LogP contribution is -2.42. The molecule has 0 aromatic heterocycles. The zero-order chi connectivity index (χ0) is 19.1. The Hall–Kier alpha value is -3.02. The number of carboxylic acids is 1. The van der Waals surface area contributed by atoms with E-state index in [0.717, 1.165) is 12.0 Å². The van der Waals surface area contributed by atoms with Gasteiger partial charge in [-0.05, 0) is 42.7 Å². The molecule has 3 rings (SSSR count). The fraction of sp³-hybridized carbons (Fsp3) is 0.333. The van der Waals surface area contributed by atoms with Crippen molar-refractivity contribution in [2.75, 3.05) is 6.61 Å². The van der Waals surface area contributed by atoms with Crippen molar-refractivity contribution in [3.05, 3.63) is 60.2 Å². The molecule has 0 aliphatic heterocycles. The zero-order valence-corrected chi connectivity index (χ0v) is 15.0. The van der Waals surface area contributed by atoms with Crippen LogP contribution in [0.5, 0.6) is 11.5 Å². The average molecular weight is 369 g/mol.